The van der Waals surface area contributed by atoms with E-state index in [1.165, 1.54) is 5.56 Å². The van der Waals surface area contributed by atoms with Crippen molar-refractivity contribution in [3.63, 3.8) is 0 Å². The molecule has 0 bridgehead atoms. The molecule has 0 saturated heterocycles. The Labute approximate surface area is 124 Å². The molecule has 0 unspecified atom stereocenters. The van der Waals surface area contributed by atoms with Gasteiger partial charge in [-0.1, -0.05) is 48.5 Å². The van der Waals surface area contributed by atoms with Crippen LogP contribution in [-0.4, -0.2) is 18.7 Å². The van der Waals surface area contributed by atoms with Crippen LogP contribution in [0.5, 0.6) is 0 Å². The van der Waals surface area contributed by atoms with E-state index in [2.05, 4.69) is 28.0 Å². The lowest BCUT2D eigenvalue weighted by molar-refractivity contribution is -0.119. The summed E-state index contributed by atoms with van der Waals surface area (Å²) in [7, 11) is 0. The molecule has 2 rings (SSSR count). The van der Waals surface area contributed by atoms with Gasteiger partial charge in [0.25, 0.3) is 5.91 Å². The number of hydrogen-bond acceptors (Lipinski definition) is 3. The van der Waals surface area contributed by atoms with Gasteiger partial charge in [-0.3, -0.25) is 4.79 Å². The third kappa shape index (κ3) is 5.91. The maximum Gasteiger partial charge on any atom is 0.259 e. The molecule has 4 nitrogen and oxygen atoms in total. The molecular formula is C17H19N3O. The molecule has 0 fully saturated rings. The summed E-state index contributed by atoms with van der Waals surface area (Å²) in [5.41, 5.74) is 4.69. The maximum absolute atomic E-state index is 11.6. The van der Waals surface area contributed by atoms with Crippen LogP contribution in [0.3, 0.4) is 0 Å². The summed E-state index contributed by atoms with van der Waals surface area (Å²) < 4.78 is 0. The van der Waals surface area contributed by atoms with Crippen LogP contribution in [0.15, 0.2) is 65.8 Å². The van der Waals surface area contributed by atoms with Crippen LogP contribution < -0.4 is 10.7 Å². The number of aryl methyl sites for hydroxylation is 1. The molecule has 1 amide bonds. The van der Waals surface area contributed by atoms with Gasteiger partial charge in [-0.2, -0.15) is 5.10 Å². The van der Waals surface area contributed by atoms with Crippen molar-refractivity contribution in [2.45, 2.75) is 12.8 Å². The molecule has 2 N–H and O–H groups in total. The van der Waals surface area contributed by atoms with E-state index < -0.39 is 0 Å². The summed E-state index contributed by atoms with van der Waals surface area (Å²) in [6.45, 7) is 0.208. The van der Waals surface area contributed by atoms with E-state index in [1.54, 1.807) is 6.21 Å². The van der Waals surface area contributed by atoms with Gasteiger partial charge in [-0.25, -0.2) is 5.43 Å². The Morgan fingerprint density at radius 1 is 1.00 bits per heavy atom. The van der Waals surface area contributed by atoms with Gasteiger partial charge in [-0.05, 0) is 30.5 Å². The van der Waals surface area contributed by atoms with Crippen LogP contribution in [0.2, 0.25) is 0 Å². The second-order valence-electron chi connectivity index (χ2n) is 4.59. The minimum Gasteiger partial charge on any atom is -0.376 e. The third-order valence-corrected chi connectivity index (χ3v) is 2.91. The average Bonchev–Trinajstić information content (AvgIpc) is 2.54. The zero-order valence-corrected chi connectivity index (χ0v) is 11.8. The highest BCUT2D eigenvalue weighted by Crippen LogP contribution is 2.03. The Bertz CT molecular complexity index is 567. The van der Waals surface area contributed by atoms with Crippen molar-refractivity contribution in [1.29, 1.82) is 0 Å². The van der Waals surface area contributed by atoms with Gasteiger partial charge in [0.05, 0.1) is 6.54 Å². The molecule has 2 aromatic carbocycles. The van der Waals surface area contributed by atoms with Gasteiger partial charge in [0.1, 0.15) is 0 Å². The Morgan fingerprint density at radius 2 is 1.67 bits per heavy atom. The van der Waals surface area contributed by atoms with E-state index in [0.717, 1.165) is 18.5 Å². The van der Waals surface area contributed by atoms with Crippen molar-refractivity contribution >= 4 is 17.8 Å². The van der Waals surface area contributed by atoms with Crippen LogP contribution >= 0.6 is 0 Å². The van der Waals surface area contributed by atoms with Gasteiger partial charge < -0.3 is 5.32 Å². The van der Waals surface area contributed by atoms with E-state index in [0.29, 0.717) is 0 Å². The Balaban J connectivity index is 1.61. The smallest absolute Gasteiger partial charge is 0.259 e. The summed E-state index contributed by atoms with van der Waals surface area (Å²) in [6, 6.07) is 19.8. The van der Waals surface area contributed by atoms with Gasteiger partial charge in [0.2, 0.25) is 0 Å². The van der Waals surface area contributed by atoms with E-state index in [9.17, 15) is 4.79 Å². The van der Waals surface area contributed by atoms with Crippen molar-refractivity contribution in [2.75, 3.05) is 11.9 Å². The van der Waals surface area contributed by atoms with E-state index in [1.807, 2.05) is 48.5 Å². The lowest BCUT2D eigenvalue weighted by Gasteiger charge is -2.04. The predicted molar refractivity (Wildman–Crippen MR) is 86.3 cm³/mol. The summed E-state index contributed by atoms with van der Waals surface area (Å²) in [5.74, 6) is -0.158. The molecule has 0 spiro atoms. The molecule has 0 radical (unpaired) electrons. The lowest BCUT2D eigenvalue weighted by Crippen LogP contribution is -2.25. The van der Waals surface area contributed by atoms with E-state index >= 15 is 0 Å². The van der Waals surface area contributed by atoms with Crippen LogP contribution in [0.4, 0.5) is 5.69 Å². The lowest BCUT2D eigenvalue weighted by atomic mass is 10.1. The number of nitrogens with zero attached hydrogens (tertiary/aromatic N) is 1. The number of nitrogens with one attached hydrogen (secondary N) is 2. The number of anilines is 1. The van der Waals surface area contributed by atoms with Crippen LogP contribution in [-0.2, 0) is 11.2 Å². The third-order valence-electron chi connectivity index (χ3n) is 2.91. The molecular weight excluding hydrogens is 262 g/mol. The number of carbonyl (C=O) groups excluding carboxylic acids is 1. The topological polar surface area (TPSA) is 53.5 Å². The zero-order chi connectivity index (χ0) is 14.8. The van der Waals surface area contributed by atoms with Gasteiger partial charge in [0.15, 0.2) is 0 Å². The summed E-state index contributed by atoms with van der Waals surface area (Å²) in [4.78, 5) is 11.6. The van der Waals surface area contributed by atoms with Crippen molar-refractivity contribution < 1.29 is 4.79 Å². The second-order valence-corrected chi connectivity index (χ2v) is 4.59. The highest BCUT2D eigenvalue weighted by molar-refractivity contribution is 5.81. The van der Waals surface area contributed by atoms with Gasteiger partial charge >= 0.3 is 0 Å². The van der Waals surface area contributed by atoms with Gasteiger partial charge in [0, 0.05) is 11.9 Å². The summed E-state index contributed by atoms with van der Waals surface area (Å²) in [5, 5.41) is 6.96. The summed E-state index contributed by atoms with van der Waals surface area (Å²) >= 11 is 0. The first-order valence-corrected chi connectivity index (χ1v) is 6.98. The highest BCUT2D eigenvalue weighted by Gasteiger charge is 1.98. The molecule has 0 aromatic heterocycles. The average molecular weight is 281 g/mol. The fraction of sp³-hybridized carbons (Fsp3) is 0.176. The molecule has 21 heavy (non-hydrogen) atoms. The van der Waals surface area contributed by atoms with E-state index in [-0.39, 0.29) is 12.5 Å². The Hall–Kier alpha value is -2.62. The predicted octanol–water partition coefficient (Wildman–Crippen LogP) is 2.83. The number of hydrazone groups is 1. The first-order valence-electron chi connectivity index (χ1n) is 6.98. The maximum atomic E-state index is 11.6. The van der Waals surface area contributed by atoms with Gasteiger partial charge in [-0.15, -0.1) is 0 Å². The number of amides is 1. The fourth-order valence-corrected chi connectivity index (χ4v) is 1.84. The minimum atomic E-state index is -0.158. The minimum absolute atomic E-state index is 0.158. The fourth-order valence-electron chi connectivity index (χ4n) is 1.84. The number of benzene rings is 2. The zero-order valence-electron chi connectivity index (χ0n) is 11.8. The largest absolute Gasteiger partial charge is 0.376 e. The standard InChI is InChI=1S/C17H19N3O/c21-17(14-18-16-11-5-2-6-12-16)20-19-13-7-10-15-8-3-1-4-9-15/h1-6,8-9,11-13,18H,7,10,14H2,(H,20,21)/b19-13-. The molecule has 0 aliphatic carbocycles. The number of para-hydroxylation sites is 1. The molecule has 0 aliphatic rings. The normalized spacial score (nSPS) is 10.5. The van der Waals surface area contributed by atoms with Crippen molar-refractivity contribution in [1.82, 2.24) is 5.43 Å². The number of rotatable bonds is 7. The van der Waals surface area contributed by atoms with Crippen LogP contribution in [0, 0.1) is 0 Å². The molecule has 4 heteroatoms. The molecule has 0 saturated carbocycles. The van der Waals surface area contributed by atoms with Crippen molar-refractivity contribution in [2.24, 2.45) is 5.10 Å². The second kappa shape index (κ2) is 8.53. The van der Waals surface area contributed by atoms with Crippen molar-refractivity contribution in [3.8, 4) is 0 Å². The number of hydrogen-bond donors (Lipinski definition) is 2. The number of carbonyl (C=O) groups is 1. The molecule has 0 atom stereocenters. The van der Waals surface area contributed by atoms with Crippen molar-refractivity contribution in [3.05, 3.63) is 66.2 Å². The molecule has 2 aromatic rings. The van der Waals surface area contributed by atoms with Crippen LogP contribution in [0.1, 0.15) is 12.0 Å². The van der Waals surface area contributed by atoms with E-state index in [4.69, 9.17) is 0 Å². The SMILES string of the molecule is O=C(CNc1ccccc1)N/N=C\CCc1ccccc1. The molecule has 0 aliphatic heterocycles. The summed E-state index contributed by atoms with van der Waals surface area (Å²) in [6.07, 6.45) is 3.45. The highest BCUT2D eigenvalue weighted by atomic mass is 16.2. The van der Waals surface area contributed by atoms with Crippen LogP contribution in [0.25, 0.3) is 0 Å². The Kier molecular flexibility index (Phi) is 6.00. The molecule has 0 heterocycles. The molecule has 108 valence electrons. The first-order chi connectivity index (χ1) is 10.3. The monoisotopic (exact) mass is 281 g/mol. The first kappa shape index (κ1) is 14.8. The quantitative estimate of drug-likeness (QED) is 0.605. The Morgan fingerprint density at radius 3 is 2.38 bits per heavy atom.